The molecule has 0 aliphatic carbocycles. The first-order valence-electron chi connectivity index (χ1n) is 5.85. The van der Waals surface area contributed by atoms with Gasteiger partial charge in [-0.1, -0.05) is 5.21 Å². The molecule has 1 aliphatic rings. The number of likely N-dealkylation sites (tertiary alicyclic amines) is 1. The van der Waals surface area contributed by atoms with Crippen LogP contribution in [0, 0.1) is 0 Å². The van der Waals surface area contributed by atoms with Crippen LogP contribution in [0.15, 0.2) is 6.20 Å². The predicted molar refractivity (Wildman–Crippen MR) is 62.9 cm³/mol. The van der Waals surface area contributed by atoms with Crippen LogP contribution in [0.4, 0.5) is 0 Å². The smallest absolute Gasteiger partial charge is 0.0967 e. The molecule has 2 N–H and O–H groups in total. The fraction of sp³-hybridized carbons (Fsp3) is 0.818. The fourth-order valence-corrected chi connectivity index (χ4v) is 1.93. The van der Waals surface area contributed by atoms with E-state index in [1.807, 2.05) is 10.9 Å². The second kappa shape index (κ2) is 4.14. The molecule has 1 fully saturated rings. The summed E-state index contributed by atoms with van der Waals surface area (Å²) in [5.74, 6) is 0. The maximum Gasteiger partial charge on any atom is 0.0967 e. The first kappa shape index (κ1) is 11.5. The van der Waals surface area contributed by atoms with Crippen LogP contribution in [-0.2, 0) is 12.1 Å². The van der Waals surface area contributed by atoms with Crippen molar-refractivity contribution in [3.05, 3.63) is 11.9 Å². The highest BCUT2D eigenvalue weighted by Gasteiger charge is 2.21. The van der Waals surface area contributed by atoms with Gasteiger partial charge in [0.05, 0.1) is 17.4 Å². The summed E-state index contributed by atoms with van der Waals surface area (Å²) in [5.41, 5.74) is 6.91. The van der Waals surface area contributed by atoms with E-state index in [2.05, 4.69) is 36.0 Å². The van der Waals surface area contributed by atoms with Crippen LogP contribution < -0.4 is 5.73 Å². The van der Waals surface area contributed by atoms with Crippen LogP contribution in [0.2, 0.25) is 0 Å². The Hall–Kier alpha value is -0.940. The van der Waals surface area contributed by atoms with Crippen molar-refractivity contribution in [2.45, 2.75) is 45.3 Å². The third kappa shape index (κ3) is 2.59. The van der Waals surface area contributed by atoms with Crippen molar-refractivity contribution in [3.8, 4) is 0 Å². The molecule has 5 heteroatoms. The number of hydrogen-bond acceptors (Lipinski definition) is 4. The summed E-state index contributed by atoms with van der Waals surface area (Å²) in [4.78, 5) is 2.34. The lowest BCUT2D eigenvalue weighted by atomic mass is 10.1. The highest BCUT2D eigenvalue weighted by atomic mass is 15.4. The van der Waals surface area contributed by atoms with Crippen molar-refractivity contribution in [3.63, 3.8) is 0 Å². The van der Waals surface area contributed by atoms with Crippen LogP contribution >= 0.6 is 0 Å². The summed E-state index contributed by atoms with van der Waals surface area (Å²) < 4.78 is 1.92. The Kier molecular flexibility index (Phi) is 2.99. The van der Waals surface area contributed by atoms with Crippen molar-refractivity contribution in [1.29, 1.82) is 0 Å². The Morgan fingerprint density at radius 3 is 2.75 bits per heavy atom. The van der Waals surface area contributed by atoms with Gasteiger partial charge in [-0.15, -0.1) is 5.10 Å². The molecule has 2 heterocycles. The average molecular weight is 223 g/mol. The maximum absolute atomic E-state index is 5.87. The molecule has 5 nitrogen and oxygen atoms in total. The number of rotatable bonds is 2. The van der Waals surface area contributed by atoms with Gasteiger partial charge >= 0.3 is 0 Å². The molecule has 0 amide bonds. The molecular weight excluding hydrogens is 202 g/mol. The van der Waals surface area contributed by atoms with Gasteiger partial charge in [-0.3, -0.25) is 4.90 Å². The summed E-state index contributed by atoms with van der Waals surface area (Å²) in [6, 6.07) is 0.331. The zero-order valence-electron chi connectivity index (χ0n) is 10.3. The summed E-state index contributed by atoms with van der Waals surface area (Å²) >= 11 is 0. The fourth-order valence-electron chi connectivity index (χ4n) is 1.93. The van der Waals surface area contributed by atoms with Crippen LogP contribution in [0.3, 0.4) is 0 Å². The Morgan fingerprint density at radius 1 is 1.50 bits per heavy atom. The predicted octanol–water partition coefficient (Wildman–Crippen LogP) is 0.566. The Morgan fingerprint density at radius 2 is 2.25 bits per heavy atom. The standard InChI is InChI=1S/C11H21N5/c1-11(2,3)16-8-10(13-14-16)7-15-5-4-9(12)6-15/h8-9H,4-7,12H2,1-3H3/t9-/m0/s1. The molecule has 90 valence electrons. The number of nitrogens with two attached hydrogens (primary N) is 1. The van der Waals surface area contributed by atoms with Gasteiger partial charge in [0.15, 0.2) is 0 Å². The molecule has 1 saturated heterocycles. The van der Waals surface area contributed by atoms with Gasteiger partial charge in [0.25, 0.3) is 0 Å². The van der Waals surface area contributed by atoms with Crippen LogP contribution in [-0.4, -0.2) is 39.0 Å². The monoisotopic (exact) mass is 223 g/mol. The second-order valence-electron chi connectivity index (χ2n) is 5.61. The molecule has 16 heavy (non-hydrogen) atoms. The quantitative estimate of drug-likeness (QED) is 0.796. The Labute approximate surface area is 96.6 Å². The highest BCUT2D eigenvalue weighted by Crippen LogP contribution is 2.14. The average Bonchev–Trinajstić information content (AvgIpc) is 2.74. The molecule has 0 radical (unpaired) electrons. The number of aromatic nitrogens is 3. The SMILES string of the molecule is CC(C)(C)n1cc(CN2CC[C@H](N)C2)nn1. The highest BCUT2D eigenvalue weighted by molar-refractivity contribution is 4.96. The lowest BCUT2D eigenvalue weighted by Gasteiger charge is -2.17. The van der Waals surface area contributed by atoms with Crippen molar-refractivity contribution in [1.82, 2.24) is 19.9 Å². The van der Waals surface area contributed by atoms with Gasteiger partial charge in [0, 0.05) is 25.7 Å². The lowest BCUT2D eigenvalue weighted by Crippen LogP contribution is -2.26. The molecule has 0 aromatic carbocycles. The van der Waals surface area contributed by atoms with E-state index in [0.717, 1.165) is 31.7 Å². The van der Waals surface area contributed by atoms with Crippen molar-refractivity contribution in [2.24, 2.45) is 5.73 Å². The topological polar surface area (TPSA) is 60.0 Å². The Balaban J connectivity index is 1.98. The van der Waals surface area contributed by atoms with E-state index in [9.17, 15) is 0 Å². The summed E-state index contributed by atoms with van der Waals surface area (Å²) in [6.07, 6.45) is 3.12. The Bertz CT molecular complexity index is 352. The first-order chi connectivity index (χ1) is 7.45. The molecule has 0 spiro atoms. The maximum atomic E-state index is 5.87. The molecule has 1 aliphatic heterocycles. The van der Waals surface area contributed by atoms with E-state index < -0.39 is 0 Å². The molecule has 1 aromatic heterocycles. The molecule has 0 saturated carbocycles. The van der Waals surface area contributed by atoms with E-state index in [-0.39, 0.29) is 5.54 Å². The normalized spacial score (nSPS) is 22.9. The van der Waals surface area contributed by atoms with Crippen LogP contribution in [0.5, 0.6) is 0 Å². The minimum atomic E-state index is 0.00661. The zero-order valence-corrected chi connectivity index (χ0v) is 10.3. The molecule has 0 unspecified atom stereocenters. The van der Waals surface area contributed by atoms with Crippen molar-refractivity contribution < 1.29 is 0 Å². The summed E-state index contributed by atoms with van der Waals surface area (Å²) in [5, 5.41) is 8.36. The van der Waals surface area contributed by atoms with E-state index in [1.54, 1.807) is 0 Å². The van der Waals surface area contributed by atoms with E-state index in [0.29, 0.717) is 6.04 Å². The van der Waals surface area contributed by atoms with Crippen molar-refractivity contribution >= 4 is 0 Å². The van der Waals surface area contributed by atoms with Gasteiger partial charge in [-0.25, -0.2) is 4.68 Å². The molecule has 0 bridgehead atoms. The number of hydrogen-bond donors (Lipinski definition) is 1. The van der Waals surface area contributed by atoms with Gasteiger partial charge in [0.2, 0.25) is 0 Å². The van der Waals surface area contributed by atoms with Crippen LogP contribution in [0.1, 0.15) is 32.9 Å². The summed E-state index contributed by atoms with van der Waals surface area (Å²) in [6.45, 7) is 9.28. The minimum Gasteiger partial charge on any atom is -0.326 e. The third-order valence-corrected chi connectivity index (χ3v) is 2.92. The largest absolute Gasteiger partial charge is 0.326 e. The number of nitrogens with zero attached hydrogens (tertiary/aromatic N) is 4. The lowest BCUT2D eigenvalue weighted by molar-refractivity contribution is 0.322. The van der Waals surface area contributed by atoms with Gasteiger partial charge in [-0.2, -0.15) is 0 Å². The summed E-state index contributed by atoms with van der Waals surface area (Å²) in [7, 11) is 0. The molecule has 1 aromatic rings. The van der Waals surface area contributed by atoms with Gasteiger partial charge in [0.1, 0.15) is 0 Å². The van der Waals surface area contributed by atoms with Crippen LogP contribution in [0.25, 0.3) is 0 Å². The second-order valence-corrected chi connectivity index (χ2v) is 5.61. The van der Waals surface area contributed by atoms with Gasteiger partial charge in [-0.05, 0) is 27.2 Å². The third-order valence-electron chi connectivity index (χ3n) is 2.92. The molecule has 2 rings (SSSR count). The molecular formula is C11H21N5. The van der Waals surface area contributed by atoms with E-state index in [1.165, 1.54) is 0 Å². The minimum absolute atomic E-state index is 0.00661. The van der Waals surface area contributed by atoms with E-state index >= 15 is 0 Å². The molecule has 1 atom stereocenters. The van der Waals surface area contributed by atoms with Gasteiger partial charge < -0.3 is 5.73 Å². The first-order valence-corrected chi connectivity index (χ1v) is 5.85. The van der Waals surface area contributed by atoms with Crippen molar-refractivity contribution in [2.75, 3.05) is 13.1 Å². The van der Waals surface area contributed by atoms with E-state index in [4.69, 9.17) is 5.73 Å². The zero-order chi connectivity index (χ0) is 11.8.